The van der Waals surface area contributed by atoms with Gasteiger partial charge in [-0.05, 0) is 36.6 Å². The number of benzene rings is 1. The predicted octanol–water partition coefficient (Wildman–Crippen LogP) is 3.81. The van der Waals surface area contributed by atoms with Gasteiger partial charge in [-0.15, -0.1) is 23.5 Å². The molecule has 1 N–H and O–H groups in total. The van der Waals surface area contributed by atoms with Crippen LogP contribution in [0.5, 0.6) is 0 Å². The molecule has 2 aliphatic rings. The summed E-state index contributed by atoms with van der Waals surface area (Å²) in [6.07, 6.45) is 5.38. The number of hydrogen-bond donors (Lipinski definition) is 1. The van der Waals surface area contributed by atoms with Gasteiger partial charge in [-0.25, -0.2) is 9.97 Å². The largest absolute Gasteiger partial charge is 0.340 e. The average Bonchev–Trinajstić information content (AvgIpc) is 3.24. The molecule has 1 amide bonds. The van der Waals surface area contributed by atoms with Crippen molar-refractivity contribution in [3.05, 3.63) is 48.3 Å². The molecule has 2 saturated heterocycles. The molecule has 0 radical (unpaired) electrons. The molecule has 3 heterocycles. The molecule has 1 aromatic carbocycles. The molecule has 0 spiro atoms. The minimum atomic E-state index is -0.0357. The van der Waals surface area contributed by atoms with Crippen molar-refractivity contribution in [2.24, 2.45) is 5.92 Å². The molecule has 26 heavy (non-hydrogen) atoms. The zero-order valence-electron chi connectivity index (χ0n) is 14.5. The van der Waals surface area contributed by atoms with Crippen LogP contribution < -0.4 is 10.2 Å². The number of amides is 1. The monoisotopic (exact) mass is 386 g/mol. The van der Waals surface area contributed by atoms with E-state index in [2.05, 4.69) is 32.3 Å². The normalized spacial score (nSPS) is 20.9. The Bertz CT molecular complexity index is 752. The summed E-state index contributed by atoms with van der Waals surface area (Å²) in [4.78, 5) is 23.5. The van der Waals surface area contributed by atoms with E-state index in [1.54, 1.807) is 12.4 Å². The number of piperidine rings is 1. The highest BCUT2D eigenvalue weighted by molar-refractivity contribution is 8.19. The quantitative estimate of drug-likeness (QED) is 0.862. The van der Waals surface area contributed by atoms with Gasteiger partial charge >= 0.3 is 0 Å². The van der Waals surface area contributed by atoms with Crippen molar-refractivity contribution in [2.75, 3.05) is 34.8 Å². The number of hydrogen-bond acceptors (Lipinski definition) is 6. The van der Waals surface area contributed by atoms with Crippen LogP contribution in [0.2, 0.25) is 0 Å². The first-order valence-electron chi connectivity index (χ1n) is 8.95. The molecule has 0 bridgehead atoms. The SMILES string of the molecule is O=C(Nc1cccc(C2SCCS2)c1)C1CCCN(c2ncccn2)C1. The van der Waals surface area contributed by atoms with E-state index >= 15 is 0 Å². The summed E-state index contributed by atoms with van der Waals surface area (Å²) in [5, 5.41) is 3.12. The third-order valence-electron chi connectivity index (χ3n) is 4.68. The molecular weight excluding hydrogens is 364 g/mol. The second kappa shape index (κ2) is 8.31. The van der Waals surface area contributed by atoms with Gasteiger partial charge in [0.05, 0.1) is 10.5 Å². The van der Waals surface area contributed by atoms with Crippen molar-refractivity contribution in [1.29, 1.82) is 0 Å². The van der Waals surface area contributed by atoms with Gasteiger partial charge in [-0.1, -0.05) is 12.1 Å². The van der Waals surface area contributed by atoms with Gasteiger partial charge in [0.25, 0.3) is 0 Å². The highest BCUT2D eigenvalue weighted by atomic mass is 32.2. The smallest absolute Gasteiger partial charge is 0.229 e. The van der Waals surface area contributed by atoms with Crippen LogP contribution >= 0.6 is 23.5 Å². The van der Waals surface area contributed by atoms with E-state index in [9.17, 15) is 4.79 Å². The van der Waals surface area contributed by atoms with E-state index in [0.29, 0.717) is 17.1 Å². The lowest BCUT2D eigenvalue weighted by Gasteiger charge is -2.31. The summed E-state index contributed by atoms with van der Waals surface area (Å²) in [5.74, 6) is 3.17. The summed E-state index contributed by atoms with van der Waals surface area (Å²) >= 11 is 3.96. The molecule has 136 valence electrons. The number of aromatic nitrogens is 2. The molecule has 1 unspecified atom stereocenters. The van der Waals surface area contributed by atoms with Gasteiger partial charge in [0.1, 0.15) is 0 Å². The fourth-order valence-corrected chi connectivity index (χ4v) is 6.22. The Labute approximate surface area is 162 Å². The second-order valence-corrected chi connectivity index (χ2v) is 9.25. The van der Waals surface area contributed by atoms with Crippen LogP contribution in [0.15, 0.2) is 42.7 Å². The average molecular weight is 387 g/mol. The summed E-state index contributed by atoms with van der Waals surface area (Å²) in [5.41, 5.74) is 2.19. The Morgan fingerprint density at radius 3 is 2.77 bits per heavy atom. The van der Waals surface area contributed by atoms with E-state index in [0.717, 1.165) is 25.1 Å². The van der Waals surface area contributed by atoms with Crippen LogP contribution in [0.25, 0.3) is 0 Å². The van der Waals surface area contributed by atoms with Crippen LogP contribution in [-0.4, -0.2) is 40.5 Å². The number of carbonyl (C=O) groups excluding carboxylic acids is 1. The number of nitrogens with zero attached hydrogens (tertiary/aromatic N) is 3. The van der Waals surface area contributed by atoms with E-state index < -0.39 is 0 Å². The Kier molecular flexibility index (Phi) is 5.65. The standard InChI is InChI=1S/C19H22N4OS2/c24-17(15-5-2-9-23(13-15)19-20-7-3-8-21-19)22-16-6-1-4-14(12-16)18-25-10-11-26-18/h1,3-4,6-8,12,15,18H,2,5,9-11,13H2,(H,22,24). The van der Waals surface area contributed by atoms with Gasteiger partial charge in [0.15, 0.2) is 0 Å². The van der Waals surface area contributed by atoms with Crippen molar-refractivity contribution in [3.8, 4) is 0 Å². The van der Waals surface area contributed by atoms with Gasteiger partial charge in [0.2, 0.25) is 11.9 Å². The van der Waals surface area contributed by atoms with Crippen LogP contribution in [0.3, 0.4) is 0 Å². The Hall–Kier alpha value is -1.73. The fraction of sp³-hybridized carbons (Fsp3) is 0.421. The fourth-order valence-electron chi connectivity index (χ4n) is 3.39. The van der Waals surface area contributed by atoms with Gasteiger partial charge in [-0.3, -0.25) is 4.79 Å². The summed E-state index contributed by atoms with van der Waals surface area (Å²) in [7, 11) is 0. The minimum Gasteiger partial charge on any atom is -0.340 e. The Balaban J connectivity index is 1.40. The molecule has 0 saturated carbocycles. The molecule has 1 atom stereocenters. The topological polar surface area (TPSA) is 58.1 Å². The maximum absolute atomic E-state index is 12.8. The van der Waals surface area contributed by atoms with Crippen LogP contribution in [0.1, 0.15) is 23.0 Å². The lowest BCUT2D eigenvalue weighted by Crippen LogP contribution is -2.41. The molecule has 2 fully saturated rings. The Morgan fingerprint density at radius 1 is 1.15 bits per heavy atom. The molecule has 7 heteroatoms. The number of rotatable bonds is 4. The third-order valence-corrected chi connectivity index (χ3v) is 7.78. The summed E-state index contributed by atoms with van der Waals surface area (Å²) in [6, 6.07) is 10.1. The van der Waals surface area contributed by atoms with Gasteiger partial charge < -0.3 is 10.2 Å². The van der Waals surface area contributed by atoms with E-state index in [-0.39, 0.29) is 11.8 Å². The summed E-state index contributed by atoms with van der Waals surface area (Å²) in [6.45, 7) is 1.57. The molecule has 0 aliphatic carbocycles. The molecule has 4 rings (SSSR count). The lowest BCUT2D eigenvalue weighted by molar-refractivity contribution is -0.120. The van der Waals surface area contributed by atoms with Crippen molar-refractivity contribution in [2.45, 2.75) is 17.4 Å². The Morgan fingerprint density at radius 2 is 1.96 bits per heavy atom. The number of nitrogens with one attached hydrogen (secondary N) is 1. The zero-order valence-corrected chi connectivity index (χ0v) is 16.1. The molecule has 1 aromatic heterocycles. The first-order valence-corrected chi connectivity index (χ1v) is 11.1. The third kappa shape index (κ3) is 4.15. The first kappa shape index (κ1) is 17.7. The number of carbonyl (C=O) groups is 1. The number of anilines is 2. The first-order chi connectivity index (χ1) is 12.8. The second-order valence-electron chi connectivity index (χ2n) is 6.52. The predicted molar refractivity (Wildman–Crippen MR) is 110 cm³/mol. The molecule has 2 aliphatic heterocycles. The van der Waals surface area contributed by atoms with E-state index in [4.69, 9.17) is 0 Å². The highest BCUT2D eigenvalue weighted by Gasteiger charge is 2.27. The van der Waals surface area contributed by atoms with Crippen LogP contribution in [0.4, 0.5) is 11.6 Å². The van der Waals surface area contributed by atoms with Crippen molar-refractivity contribution in [1.82, 2.24) is 9.97 Å². The number of thioether (sulfide) groups is 2. The van der Waals surface area contributed by atoms with Gasteiger partial charge in [0, 0.05) is 42.7 Å². The maximum atomic E-state index is 12.8. The van der Waals surface area contributed by atoms with Crippen molar-refractivity contribution >= 4 is 41.1 Å². The van der Waals surface area contributed by atoms with E-state index in [1.807, 2.05) is 41.7 Å². The maximum Gasteiger partial charge on any atom is 0.229 e. The summed E-state index contributed by atoms with van der Waals surface area (Å²) < 4.78 is 0.493. The zero-order chi connectivity index (χ0) is 17.8. The van der Waals surface area contributed by atoms with E-state index in [1.165, 1.54) is 17.1 Å². The minimum absolute atomic E-state index is 0.0357. The molecular formula is C19H22N4OS2. The van der Waals surface area contributed by atoms with Crippen molar-refractivity contribution < 1.29 is 4.79 Å². The van der Waals surface area contributed by atoms with Crippen LogP contribution in [0, 0.1) is 5.92 Å². The van der Waals surface area contributed by atoms with Crippen molar-refractivity contribution in [3.63, 3.8) is 0 Å². The highest BCUT2D eigenvalue weighted by Crippen LogP contribution is 2.45. The van der Waals surface area contributed by atoms with Crippen LogP contribution in [-0.2, 0) is 4.79 Å². The lowest BCUT2D eigenvalue weighted by atomic mass is 9.97. The molecule has 2 aromatic rings. The van der Waals surface area contributed by atoms with Gasteiger partial charge in [-0.2, -0.15) is 0 Å². The molecule has 5 nitrogen and oxygen atoms in total.